The van der Waals surface area contributed by atoms with Crippen molar-refractivity contribution in [3.05, 3.63) is 18.2 Å². The molecule has 0 aromatic heterocycles. The number of rotatable bonds is 5. The summed E-state index contributed by atoms with van der Waals surface area (Å²) < 4.78 is 16.0. The SMILES string of the molecule is S=C(NCCCN1CCOCC1)Nc1ccc2c(c1)OCO2. The maximum absolute atomic E-state index is 5.34. The lowest BCUT2D eigenvalue weighted by molar-refractivity contribution is 0.0376. The summed E-state index contributed by atoms with van der Waals surface area (Å²) in [6, 6.07) is 5.70. The van der Waals surface area contributed by atoms with Crippen LogP contribution in [0.15, 0.2) is 18.2 Å². The molecule has 0 aliphatic carbocycles. The predicted molar refractivity (Wildman–Crippen MR) is 88.7 cm³/mol. The number of hydrogen-bond acceptors (Lipinski definition) is 5. The molecule has 1 aromatic carbocycles. The summed E-state index contributed by atoms with van der Waals surface area (Å²) in [5.74, 6) is 1.52. The third-order valence-corrected chi connectivity index (χ3v) is 3.92. The van der Waals surface area contributed by atoms with Crippen molar-refractivity contribution < 1.29 is 14.2 Å². The molecule has 1 aromatic rings. The third kappa shape index (κ3) is 4.22. The first-order valence-corrected chi connectivity index (χ1v) is 7.97. The van der Waals surface area contributed by atoms with Crippen LogP contribution in [0.1, 0.15) is 6.42 Å². The summed E-state index contributed by atoms with van der Waals surface area (Å²) in [4.78, 5) is 2.42. The molecule has 120 valence electrons. The van der Waals surface area contributed by atoms with Crippen molar-refractivity contribution in [2.24, 2.45) is 0 Å². The fourth-order valence-corrected chi connectivity index (χ4v) is 2.70. The van der Waals surface area contributed by atoms with Gasteiger partial charge in [0.25, 0.3) is 0 Å². The standard InChI is InChI=1S/C15H21N3O3S/c22-15(16-4-1-5-18-6-8-19-9-7-18)17-12-2-3-13-14(10-12)21-11-20-13/h2-3,10H,1,4-9,11H2,(H2,16,17,22). The summed E-state index contributed by atoms with van der Waals surface area (Å²) >= 11 is 5.31. The second-order valence-corrected chi connectivity index (χ2v) is 5.66. The van der Waals surface area contributed by atoms with Gasteiger partial charge in [0.05, 0.1) is 13.2 Å². The van der Waals surface area contributed by atoms with Gasteiger partial charge in [0.2, 0.25) is 6.79 Å². The van der Waals surface area contributed by atoms with Crippen LogP contribution >= 0.6 is 12.2 Å². The molecule has 0 atom stereocenters. The molecule has 0 amide bonds. The van der Waals surface area contributed by atoms with E-state index in [1.807, 2.05) is 18.2 Å². The smallest absolute Gasteiger partial charge is 0.231 e. The Morgan fingerprint density at radius 2 is 2.00 bits per heavy atom. The van der Waals surface area contributed by atoms with E-state index in [2.05, 4.69) is 15.5 Å². The van der Waals surface area contributed by atoms with Crippen LogP contribution in [0.3, 0.4) is 0 Å². The molecule has 22 heavy (non-hydrogen) atoms. The van der Waals surface area contributed by atoms with Crippen LogP contribution in [-0.4, -0.2) is 56.2 Å². The second kappa shape index (κ2) is 7.62. The molecule has 1 fully saturated rings. The molecule has 0 bridgehead atoms. The zero-order valence-corrected chi connectivity index (χ0v) is 13.3. The van der Waals surface area contributed by atoms with Gasteiger partial charge in [0.15, 0.2) is 16.6 Å². The van der Waals surface area contributed by atoms with Crippen LogP contribution in [0.4, 0.5) is 5.69 Å². The Labute approximate surface area is 135 Å². The Morgan fingerprint density at radius 1 is 1.18 bits per heavy atom. The summed E-state index contributed by atoms with van der Waals surface area (Å²) in [5.41, 5.74) is 0.898. The number of nitrogens with one attached hydrogen (secondary N) is 2. The van der Waals surface area contributed by atoms with E-state index in [9.17, 15) is 0 Å². The van der Waals surface area contributed by atoms with Crippen molar-refractivity contribution in [2.45, 2.75) is 6.42 Å². The highest BCUT2D eigenvalue weighted by Crippen LogP contribution is 2.34. The van der Waals surface area contributed by atoms with Crippen molar-refractivity contribution >= 4 is 23.0 Å². The minimum Gasteiger partial charge on any atom is -0.454 e. The largest absolute Gasteiger partial charge is 0.454 e. The quantitative estimate of drug-likeness (QED) is 0.628. The molecule has 2 aliphatic heterocycles. The number of benzene rings is 1. The van der Waals surface area contributed by atoms with Crippen molar-refractivity contribution in [1.29, 1.82) is 0 Å². The molecule has 2 aliphatic rings. The Balaban J connectivity index is 1.35. The number of hydrogen-bond donors (Lipinski definition) is 2. The van der Waals surface area contributed by atoms with E-state index in [4.69, 9.17) is 26.4 Å². The lowest BCUT2D eigenvalue weighted by atomic mass is 10.3. The number of morpholine rings is 1. The maximum atomic E-state index is 5.34. The van der Waals surface area contributed by atoms with Crippen molar-refractivity contribution in [3.63, 3.8) is 0 Å². The van der Waals surface area contributed by atoms with Crippen LogP contribution in [-0.2, 0) is 4.74 Å². The normalized spacial score (nSPS) is 17.3. The molecule has 1 saturated heterocycles. The number of anilines is 1. The van der Waals surface area contributed by atoms with Gasteiger partial charge < -0.3 is 24.8 Å². The van der Waals surface area contributed by atoms with Crippen LogP contribution in [0, 0.1) is 0 Å². The van der Waals surface area contributed by atoms with Gasteiger partial charge in [-0.2, -0.15) is 0 Å². The topological polar surface area (TPSA) is 55.0 Å². The van der Waals surface area contributed by atoms with E-state index in [0.29, 0.717) is 5.11 Å². The molecule has 2 N–H and O–H groups in total. The van der Waals surface area contributed by atoms with Crippen LogP contribution in [0.5, 0.6) is 11.5 Å². The maximum Gasteiger partial charge on any atom is 0.231 e. The van der Waals surface area contributed by atoms with Crippen LogP contribution < -0.4 is 20.1 Å². The number of thiocarbonyl (C=S) groups is 1. The number of fused-ring (bicyclic) bond motifs is 1. The highest BCUT2D eigenvalue weighted by Gasteiger charge is 2.13. The summed E-state index contributed by atoms with van der Waals surface area (Å²) in [6.07, 6.45) is 1.06. The molecule has 0 radical (unpaired) electrons. The molecule has 0 spiro atoms. The molecule has 0 unspecified atom stereocenters. The molecular formula is C15H21N3O3S. The van der Waals surface area contributed by atoms with Gasteiger partial charge in [-0.15, -0.1) is 0 Å². The molecule has 6 nitrogen and oxygen atoms in total. The fraction of sp³-hybridized carbons (Fsp3) is 0.533. The lowest BCUT2D eigenvalue weighted by Gasteiger charge is -2.26. The zero-order valence-electron chi connectivity index (χ0n) is 12.5. The predicted octanol–water partition coefficient (Wildman–Crippen LogP) is 1.42. The van der Waals surface area contributed by atoms with Crippen LogP contribution in [0.2, 0.25) is 0 Å². The lowest BCUT2D eigenvalue weighted by Crippen LogP contribution is -2.38. The molecule has 3 rings (SSSR count). The van der Waals surface area contributed by atoms with Crippen molar-refractivity contribution in [2.75, 3.05) is 51.5 Å². The minimum absolute atomic E-state index is 0.281. The van der Waals surface area contributed by atoms with E-state index in [1.165, 1.54) is 0 Å². The summed E-state index contributed by atoms with van der Waals surface area (Å²) in [7, 11) is 0. The van der Waals surface area contributed by atoms with Crippen molar-refractivity contribution in [1.82, 2.24) is 10.2 Å². The average molecular weight is 323 g/mol. The van der Waals surface area contributed by atoms with Gasteiger partial charge >= 0.3 is 0 Å². The molecule has 0 saturated carbocycles. The van der Waals surface area contributed by atoms with Gasteiger partial charge in [-0.3, -0.25) is 4.90 Å². The van der Waals surface area contributed by atoms with Gasteiger partial charge in [-0.1, -0.05) is 0 Å². The monoisotopic (exact) mass is 323 g/mol. The van der Waals surface area contributed by atoms with E-state index < -0.39 is 0 Å². The Bertz CT molecular complexity index is 521. The van der Waals surface area contributed by atoms with E-state index in [1.54, 1.807) is 0 Å². The minimum atomic E-state index is 0.281. The molecular weight excluding hydrogens is 302 g/mol. The Kier molecular flexibility index (Phi) is 5.31. The first-order valence-electron chi connectivity index (χ1n) is 7.56. The fourth-order valence-electron chi connectivity index (χ4n) is 2.48. The van der Waals surface area contributed by atoms with E-state index in [-0.39, 0.29) is 6.79 Å². The van der Waals surface area contributed by atoms with E-state index >= 15 is 0 Å². The van der Waals surface area contributed by atoms with Crippen LogP contribution in [0.25, 0.3) is 0 Å². The van der Waals surface area contributed by atoms with Gasteiger partial charge in [0, 0.05) is 31.4 Å². The van der Waals surface area contributed by atoms with Crippen molar-refractivity contribution in [3.8, 4) is 11.5 Å². The van der Waals surface area contributed by atoms with Gasteiger partial charge in [0.1, 0.15) is 0 Å². The summed E-state index contributed by atoms with van der Waals surface area (Å²) in [5, 5.41) is 7.02. The average Bonchev–Trinajstić information content (AvgIpc) is 3.00. The first kappa shape index (κ1) is 15.3. The highest BCUT2D eigenvalue weighted by molar-refractivity contribution is 7.80. The Hall–Kier alpha value is -1.57. The Morgan fingerprint density at radius 3 is 2.86 bits per heavy atom. The second-order valence-electron chi connectivity index (χ2n) is 5.26. The van der Waals surface area contributed by atoms with Gasteiger partial charge in [-0.05, 0) is 37.3 Å². The number of nitrogens with zero attached hydrogens (tertiary/aromatic N) is 1. The van der Waals surface area contributed by atoms with E-state index in [0.717, 1.165) is 63.0 Å². The molecule has 2 heterocycles. The highest BCUT2D eigenvalue weighted by atomic mass is 32.1. The first-order chi connectivity index (χ1) is 10.8. The third-order valence-electron chi connectivity index (χ3n) is 3.67. The molecule has 7 heteroatoms. The van der Waals surface area contributed by atoms with Gasteiger partial charge in [-0.25, -0.2) is 0 Å². The number of ether oxygens (including phenoxy) is 3. The zero-order chi connectivity index (χ0) is 15.2. The summed E-state index contributed by atoms with van der Waals surface area (Å²) in [6.45, 7) is 5.95.